The molecular weight excluding hydrogens is 372 g/mol. The number of nitrogens with zero attached hydrogens (tertiary/aromatic N) is 2. The van der Waals surface area contributed by atoms with E-state index < -0.39 is 10.0 Å². The highest BCUT2D eigenvalue weighted by Gasteiger charge is 2.21. The quantitative estimate of drug-likeness (QED) is 0.604. The number of furan rings is 1. The molecule has 1 aromatic carbocycles. The number of rotatable bonds is 7. The van der Waals surface area contributed by atoms with Gasteiger partial charge < -0.3 is 4.42 Å². The summed E-state index contributed by atoms with van der Waals surface area (Å²) in [5, 5.41) is 1.79. The number of aromatic nitrogens is 1. The molecule has 5 nitrogen and oxygen atoms in total. The molecule has 0 aliphatic heterocycles. The molecule has 0 saturated carbocycles. The summed E-state index contributed by atoms with van der Waals surface area (Å²) in [6, 6.07) is 14.0. The number of benzene rings is 1. The molecule has 0 aliphatic rings. The summed E-state index contributed by atoms with van der Waals surface area (Å²) in [6.07, 6.45) is 6.36. The van der Waals surface area contributed by atoms with Crippen LogP contribution in [0.4, 0.5) is 0 Å². The van der Waals surface area contributed by atoms with Crippen molar-refractivity contribution in [3.8, 4) is 0 Å². The van der Waals surface area contributed by atoms with Crippen molar-refractivity contribution < 1.29 is 12.8 Å². The molecular formula is C19H17ClN2O3S. The van der Waals surface area contributed by atoms with E-state index in [9.17, 15) is 8.42 Å². The summed E-state index contributed by atoms with van der Waals surface area (Å²) < 4.78 is 32.4. The van der Waals surface area contributed by atoms with Crippen LogP contribution in [-0.4, -0.2) is 17.7 Å². The van der Waals surface area contributed by atoms with Crippen LogP contribution in [0.15, 0.2) is 77.0 Å². The van der Waals surface area contributed by atoms with Gasteiger partial charge in [-0.2, -0.15) is 4.31 Å². The van der Waals surface area contributed by atoms with Crippen molar-refractivity contribution in [1.82, 2.24) is 9.29 Å². The van der Waals surface area contributed by atoms with Crippen LogP contribution < -0.4 is 0 Å². The summed E-state index contributed by atoms with van der Waals surface area (Å²) >= 11 is 5.86. The van der Waals surface area contributed by atoms with Crippen molar-refractivity contribution in [1.29, 1.82) is 0 Å². The van der Waals surface area contributed by atoms with Crippen molar-refractivity contribution in [3.05, 3.63) is 94.5 Å². The van der Waals surface area contributed by atoms with Crippen molar-refractivity contribution in [2.75, 3.05) is 0 Å². The molecule has 0 unspecified atom stereocenters. The molecule has 26 heavy (non-hydrogen) atoms. The second-order valence-corrected chi connectivity index (χ2v) is 7.86. The Morgan fingerprint density at radius 1 is 1.08 bits per heavy atom. The first kappa shape index (κ1) is 18.4. The Morgan fingerprint density at radius 2 is 1.88 bits per heavy atom. The Balaban J connectivity index is 1.84. The Labute approximate surface area is 157 Å². The maximum Gasteiger partial charge on any atom is 0.236 e. The minimum atomic E-state index is -3.67. The zero-order valence-electron chi connectivity index (χ0n) is 13.8. The summed E-state index contributed by atoms with van der Waals surface area (Å²) in [7, 11) is -3.67. The normalized spacial score (nSPS) is 12.1. The third-order valence-electron chi connectivity index (χ3n) is 3.66. The Bertz CT molecular complexity index is 954. The maximum absolute atomic E-state index is 12.9. The molecule has 0 fully saturated rings. The Morgan fingerprint density at radius 3 is 2.54 bits per heavy atom. The minimum absolute atomic E-state index is 0.134. The lowest BCUT2D eigenvalue weighted by atomic mass is 10.2. The van der Waals surface area contributed by atoms with Crippen molar-refractivity contribution in [2.45, 2.75) is 13.1 Å². The molecule has 134 valence electrons. The molecule has 2 aromatic heterocycles. The van der Waals surface area contributed by atoms with E-state index in [0.29, 0.717) is 10.8 Å². The fourth-order valence-electron chi connectivity index (χ4n) is 2.33. The smallest absolute Gasteiger partial charge is 0.236 e. The molecule has 2 heterocycles. The fraction of sp³-hybridized carbons (Fsp3) is 0.105. The van der Waals surface area contributed by atoms with Crippen LogP contribution in [0.25, 0.3) is 6.08 Å². The summed E-state index contributed by atoms with van der Waals surface area (Å²) in [5.41, 5.74) is 1.54. The van der Waals surface area contributed by atoms with E-state index in [1.807, 2.05) is 6.07 Å². The monoisotopic (exact) mass is 388 g/mol. The van der Waals surface area contributed by atoms with Gasteiger partial charge in [0.25, 0.3) is 0 Å². The summed E-state index contributed by atoms with van der Waals surface area (Å²) in [5.74, 6) is 0.567. The first-order valence-corrected chi connectivity index (χ1v) is 9.76. The lowest BCUT2D eigenvalue weighted by molar-refractivity contribution is 0.362. The average molecular weight is 389 g/mol. The highest BCUT2D eigenvalue weighted by atomic mass is 35.5. The molecule has 0 aliphatic carbocycles. The Hall–Kier alpha value is -2.41. The SMILES string of the molecule is O=S(=O)(/C=C/c1ccc(Cl)cc1)N(Cc1cccnc1)Cc1ccco1. The number of halogens is 1. The van der Waals surface area contributed by atoms with E-state index in [0.717, 1.165) is 11.1 Å². The van der Waals surface area contributed by atoms with Gasteiger partial charge in [0.2, 0.25) is 10.0 Å². The van der Waals surface area contributed by atoms with E-state index in [1.54, 1.807) is 60.9 Å². The second kappa shape index (κ2) is 8.31. The van der Waals surface area contributed by atoms with E-state index in [1.165, 1.54) is 16.0 Å². The van der Waals surface area contributed by atoms with Gasteiger partial charge in [-0.15, -0.1) is 0 Å². The van der Waals surface area contributed by atoms with Gasteiger partial charge in [0, 0.05) is 29.4 Å². The minimum Gasteiger partial charge on any atom is -0.468 e. The number of hydrogen-bond acceptors (Lipinski definition) is 4. The third-order valence-corrected chi connectivity index (χ3v) is 5.37. The Kier molecular flexibility index (Phi) is 5.88. The molecule has 0 atom stereocenters. The van der Waals surface area contributed by atoms with E-state index in [4.69, 9.17) is 16.0 Å². The van der Waals surface area contributed by atoms with Crippen molar-refractivity contribution in [2.24, 2.45) is 0 Å². The first-order valence-electron chi connectivity index (χ1n) is 7.88. The highest BCUT2D eigenvalue weighted by molar-refractivity contribution is 7.92. The van der Waals surface area contributed by atoms with Crippen LogP contribution in [0.3, 0.4) is 0 Å². The van der Waals surface area contributed by atoms with Crippen molar-refractivity contribution in [3.63, 3.8) is 0 Å². The van der Waals surface area contributed by atoms with E-state index in [2.05, 4.69) is 4.98 Å². The van der Waals surface area contributed by atoms with Crippen LogP contribution in [0.2, 0.25) is 5.02 Å². The van der Waals surface area contributed by atoms with Gasteiger partial charge in [-0.3, -0.25) is 4.98 Å². The van der Waals surface area contributed by atoms with Gasteiger partial charge >= 0.3 is 0 Å². The fourth-order valence-corrected chi connectivity index (χ4v) is 3.60. The molecule has 0 radical (unpaired) electrons. The van der Waals surface area contributed by atoms with E-state index in [-0.39, 0.29) is 13.1 Å². The van der Waals surface area contributed by atoms with Gasteiger partial charge in [-0.25, -0.2) is 8.42 Å². The lowest BCUT2D eigenvalue weighted by Crippen LogP contribution is -2.28. The van der Waals surface area contributed by atoms with Gasteiger partial charge in [0.05, 0.1) is 12.8 Å². The maximum atomic E-state index is 12.9. The zero-order chi connectivity index (χ0) is 18.4. The standard InChI is InChI=1S/C19H17ClN2O3S/c20-18-7-5-16(6-8-18)9-12-26(23,24)22(15-19-4-2-11-25-19)14-17-3-1-10-21-13-17/h1-13H,14-15H2/b12-9+. The zero-order valence-corrected chi connectivity index (χ0v) is 15.4. The number of sulfonamides is 1. The molecule has 0 spiro atoms. The van der Waals surface area contributed by atoms with Gasteiger partial charge in [-0.1, -0.05) is 29.8 Å². The van der Waals surface area contributed by atoms with Crippen LogP contribution in [-0.2, 0) is 23.1 Å². The van der Waals surface area contributed by atoms with Gasteiger partial charge in [0.15, 0.2) is 0 Å². The molecule has 0 N–H and O–H groups in total. The van der Waals surface area contributed by atoms with Crippen molar-refractivity contribution >= 4 is 27.7 Å². The predicted octanol–water partition coefficient (Wildman–Crippen LogP) is 4.33. The summed E-state index contributed by atoms with van der Waals surface area (Å²) in [6.45, 7) is 0.330. The average Bonchev–Trinajstić information content (AvgIpc) is 3.15. The largest absolute Gasteiger partial charge is 0.468 e. The highest BCUT2D eigenvalue weighted by Crippen LogP contribution is 2.17. The third kappa shape index (κ3) is 5.05. The predicted molar refractivity (Wildman–Crippen MR) is 102 cm³/mol. The van der Waals surface area contributed by atoms with Crippen LogP contribution >= 0.6 is 11.6 Å². The number of pyridine rings is 1. The molecule has 7 heteroatoms. The lowest BCUT2D eigenvalue weighted by Gasteiger charge is -2.19. The molecule has 3 rings (SSSR count). The van der Waals surface area contributed by atoms with E-state index >= 15 is 0 Å². The second-order valence-electron chi connectivity index (χ2n) is 5.61. The van der Waals surface area contributed by atoms with Gasteiger partial charge in [-0.05, 0) is 47.5 Å². The molecule has 0 bridgehead atoms. The first-order chi connectivity index (χ1) is 12.5. The molecule has 0 saturated heterocycles. The van der Waals surface area contributed by atoms with Gasteiger partial charge in [0.1, 0.15) is 5.76 Å². The van der Waals surface area contributed by atoms with Crippen LogP contribution in [0.1, 0.15) is 16.9 Å². The van der Waals surface area contributed by atoms with Crippen LogP contribution in [0, 0.1) is 0 Å². The summed E-state index contributed by atoms with van der Waals surface area (Å²) in [4.78, 5) is 4.04. The molecule has 3 aromatic rings. The molecule has 0 amide bonds. The van der Waals surface area contributed by atoms with Crippen LogP contribution in [0.5, 0.6) is 0 Å². The number of hydrogen-bond donors (Lipinski definition) is 0. The topological polar surface area (TPSA) is 63.4 Å².